The maximum atomic E-state index is 10.3. The van der Waals surface area contributed by atoms with E-state index in [0.29, 0.717) is 29.8 Å². The first kappa shape index (κ1) is 60.5. The number of carboxylic acid groups (broad SMARTS) is 6. The molecular formula is C47H60Br2N6O16S2. The lowest BCUT2D eigenvalue weighted by Gasteiger charge is -2.54. The summed E-state index contributed by atoms with van der Waals surface area (Å²) in [5, 5.41) is 96.5. The minimum absolute atomic E-state index is 0. The SMILES string of the molecule is Br.Brc1nnc(-c2ccccc2)s1.C.O=C(O)CC(O)(CC(=O)O)C(=O)O.O=C(O)CC(O)(CC(=O)O)C(=O)O.OC1C2CC3CC1CN(C3)C2.c1ccc(-c2nnc(OC3C4CC5CC3CN(C5)C4)s2)cc1. The summed E-state index contributed by atoms with van der Waals surface area (Å²) in [4.78, 5) is 66.1. The highest BCUT2D eigenvalue weighted by molar-refractivity contribution is 9.11. The Balaban J connectivity index is 0.000000203. The minimum Gasteiger partial charge on any atom is -0.481 e. The van der Waals surface area contributed by atoms with Gasteiger partial charge in [0.05, 0.1) is 31.8 Å². The van der Waals surface area contributed by atoms with Gasteiger partial charge in [0.25, 0.3) is 5.19 Å². The van der Waals surface area contributed by atoms with Crippen LogP contribution < -0.4 is 4.74 Å². The number of hydrogen-bond acceptors (Lipinski definition) is 18. The normalized spacial score (nSPS) is 25.4. The molecule has 26 heteroatoms. The Bertz CT molecular complexity index is 2350. The van der Waals surface area contributed by atoms with E-state index in [2.05, 4.69) is 58.3 Å². The van der Waals surface area contributed by atoms with Crippen LogP contribution >= 0.6 is 55.6 Å². The van der Waals surface area contributed by atoms with E-state index >= 15 is 0 Å². The fourth-order valence-electron chi connectivity index (χ4n) is 10.3. The van der Waals surface area contributed by atoms with Crippen LogP contribution in [0.1, 0.15) is 58.8 Å². The largest absolute Gasteiger partial charge is 0.481 e. The Morgan fingerprint density at radius 2 is 0.918 bits per heavy atom. The lowest BCUT2D eigenvalue weighted by molar-refractivity contribution is -0.170. The highest BCUT2D eigenvalue weighted by atomic mass is 79.9. The number of hydrogen-bond donors (Lipinski definition) is 9. The van der Waals surface area contributed by atoms with E-state index in [1.165, 1.54) is 76.3 Å². The Labute approximate surface area is 446 Å². The van der Waals surface area contributed by atoms with Gasteiger partial charge in [-0.1, -0.05) is 95.9 Å². The maximum absolute atomic E-state index is 10.3. The lowest BCUT2D eigenvalue weighted by atomic mass is 9.66. The van der Waals surface area contributed by atoms with Crippen molar-refractivity contribution < 1.29 is 79.5 Å². The molecule has 2 aromatic heterocycles. The van der Waals surface area contributed by atoms with Crippen molar-refractivity contribution >= 4 is 91.4 Å². The molecule has 0 amide bonds. The van der Waals surface area contributed by atoms with Crippen molar-refractivity contribution in [3.8, 4) is 26.3 Å². The number of aromatic nitrogens is 4. The molecule has 22 nitrogen and oxygen atoms in total. The van der Waals surface area contributed by atoms with Crippen LogP contribution in [0.2, 0.25) is 0 Å². The molecule has 4 unspecified atom stereocenters. The van der Waals surface area contributed by atoms with E-state index in [1.807, 2.05) is 48.5 Å². The van der Waals surface area contributed by atoms with E-state index in [9.17, 15) is 33.9 Å². The molecule has 0 radical (unpaired) electrons. The number of aliphatic carboxylic acids is 6. The number of benzene rings is 2. The number of halogens is 2. The van der Waals surface area contributed by atoms with E-state index in [-0.39, 0.29) is 30.5 Å². The number of aliphatic hydroxyl groups excluding tert-OH is 1. The average Bonchev–Trinajstić information content (AvgIpc) is 3.96. The van der Waals surface area contributed by atoms with Gasteiger partial charge in [-0.05, 0) is 65.3 Å². The van der Waals surface area contributed by atoms with Crippen LogP contribution in [0.15, 0.2) is 64.6 Å². The molecule has 9 N–H and O–H groups in total. The molecule has 2 aliphatic carbocycles. The fraction of sp³-hybridized carbons (Fsp3) is 0.532. The Kier molecular flexibility index (Phi) is 22.3. The predicted molar refractivity (Wildman–Crippen MR) is 272 cm³/mol. The summed E-state index contributed by atoms with van der Waals surface area (Å²) in [6.45, 7) is 7.41. The van der Waals surface area contributed by atoms with E-state index in [0.717, 1.165) is 42.1 Å². The molecule has 73 heavy (non-hydrogen) atoms. The summed E-state index contributed by atoms with van der Waals surface area (Å²) in [7, 11) is 0. The zero-order chi connectivity index (χ0) is 51.6. The molecule has 4 atom stereocenters. The third-order valence-electron chi connectivity index (χ3n) is 13.1. The van der Waals surface area contributed by atoms with Crippen LogP contribution in [0, 0.1) is 35.5 Å². The fourth-order valence-corrected chi connectivity index (χ4v) is 12.2. The van der Waals surface area contributed by atoms with Gasteiger partial charge in [0.15, 0.2) is 20.1 Å². The van der Waals surface area contributed by atoms with Gasteiger partial charge in [0, 0.05) is 62.2 Å². The predicted octanol–water partition coefficient (Wildman–Crippen LogP) is 4.93. The summed E-state index contributed by atoms with van der Waals surface area (Å²) >= 11 is 6.38. The Morgan fingerprint density at radius 1 is 0.562 bits per heavy atom. The molecule has 0 spiro atoms. The number of ether oxygens (including phenoxy) is 1. The van der Waals surface area contributed by atoms with Crippen molar-refractivity contribution in [2.24, 2.45) is 35.5 Å². The molecule has 8 fully saturated rings. The first-order valence-corrected chi connectivity index (χ1v) is 25.0. The first-order chi connectivity index (χ1) is 33.6. The van der Waals surface area contributed by atoms with Crippen LogP contribution in [0.3, 0.4) is 0 Å². The number of rotatable bonds is 14. The van der Waals surface area contributed by atoms with E-state index in [1.54, 1.807) is 11.3 Å². The van der Waals surface area contributed by atoms with Gasteiger partial charge < -0.3 is 60.5 Å². The number of carbonyl (C=O) groups is 6. The van der Waals surface area contributed by atoms with Gasteiger partial charge in [-0.2, -0.15) is 0 Å². The van der Waals surface area contributed by atoms with Crippen molar-refractivity contribution in [2.75, 3.05) is 39.3 Å². The second-order valence-corrected chi connectivity index (χ2v) is 21.8. The van der Waals surface area contributed by atoms with Crippen LogP contribution in [-0.4, -0.2) is 175 Å². The van der Waals surface area contributed by atoms with Crippen molar-refractivity contribution in [3.05, 3.63) is 64.6 Å². The Morgan fingerprint density at radius 3 is 1.26 bits per heavy atom. The van der Waals surface area contributed by atoms with Gasteiger partial charge >= 0.3 is 35.8 Å². The van der Waals surface area contributed by atoms with E-state index in [4.69, 9.17) is 45.6 Å². The molecule has 2 saturated carbocycles. The average molecular weight is 1190 g/mol. The molecule has 4 aromatic rings. The quantitative estimate of drug-likeness (QED) is 0.0808. The van der Waals surface area contributed by atoms with Crippen molar-refractivity contribution in [2.45, 2.75) is 82.2 Å². The minimum atomic E-state index is -2.74. The van der Waals surface area contributed by atoms with Crippen LogP contribution in [0.25, 0.3) is 21.1 Å². The zero-order valence-corrected chi connectivity index (χ0v) is 43.4. The maximum Gasteiger partial charge on any atom is 0.336 e. The molecule has 2 aromatic carbocycles. The summed E-state index contributed by atoms with van der Waals surface area (Å²) in [5.74, 6) is -5.57. The smallest absolute Gasteiger partial charge is 0.336 e. The third kappa shape index (κ3) is 17.0. The van der Waals surface area contributed by atoms with Crippen LogP contribution in [-0.2, 0) is 28.8 Å². The highest BCUT2D eigenvalue weighted by Gasteiger charge is 2.49. The second-order valence-electron chi connectivity index (χ2n) is 18.6. The number of piperidine rings is 6. The third-order valence-corrected chi connectivity index (χ3v) is 15.4. The molecule has 6 aliphatic heterocycles. The number of aliphatic hydroxyl groups is 3. The van der Waals surface area contributed by atoms with Gasteiger partial charge in [0.1, 0.15) is 11.1 Å². The first-order valence-electron chi connectivity index (χ1n) is 22.6. The summed E-state index contributed by atoms with van der Waals surface area (Å²) in [6, 6.07) is 20.2. The van der Waals surface area contributed by atoms with Crippen molar-refractivity contribution in [1.29, 1.82) is 0 Å². The second kappa shape index (κ2) is 26.9. The van der Waals surface area contributed by atoms with Gasteiger partial charge in [-0.15, -0.1) is 32.3 Å². The van der Waals surface area contributed by atoms with Crippen molar-refractivity contribution in [1.82, 2.24) is 30.2 Å². The zero-order valence-electron chi connectivity index (χ0n) is 38.5. The molecule has 6 saturated heterocycles. The van der Waals surface area contributed by atoms with Gasteiger partial charge in [-0.25, -0.2) is 9.59 Å². The molecule has 8 heterocycles. The van der Waals surface area contributed by atoms with Gasteiger partial charge in [0.2, 0.25) is 0 Å². The Hall–Kier alpha value is -5.06. The molecule has 400 valence electrons. The standard InChI is InChI=1S/C17H19N3OS.C9H15NO.C8H5BrN2S.2C6H8O7.CH4.BrH/c1-2-4-12(5-3-1)16-18-19-17(22-16)21-15-13-6-11-7-14(15)10-20(8-11)9-13;11-9-7-1-6-2-8(9)5-10(3-6)4-7;9-8-11-10-7(12-8)6-4-2-1-3-5-6;2*7-3(8)1-6(13,5(11)12)2-4(9)10;;/h1-5,11,13-15H,6-10H2;6-9,11H,1-5H2;1-5H;2*13H,1-2H2,(H,7,8)(H,9,10)(H,11,12);1H4;1H. The number of carboxylic acids is 6. The molecule has 12 rings (SSSR count). The number of nitrogens with zero attached hydrogens (tertiary/aromatic N) is 6. The topological polar surface area (TPSA) is 352 Å². The van der Waals surface area contributed by atoms with Crippen LogP contribution in [0.4, 0.5) is 0 Å². The summed E-state index contributed by atoms with van der Waals surface area (Å²) < 4.78 is 7.13. The van der Waals surface area contributed by atoms with E-state index < -0.39 is 72.7 Å². The van der Waals surface area contributed by atoms with Crippen molar-refractivity contribution in [3.63, 3.8) is 0 Å². The molecular weight excluding hydrogens is 1130 g/mol. The summed E-state index contributed by atoms with van der Waals surface area (Å²) in [5.41, 5.74) is -3.25. The monoisotopic (exact) mass is 1190 g/mol. The molecule has 8 bridgehead atoms. The summed E-state index contributed by atoms with van der Waals surface area (Å²) in [6.07, 6.45) is 1.09. The lowest BCUT2D eigenvalue weighted by Crippen LogP contribution is -2.61. The molecule has 8 aliphatic rings. The highest BCUT2D eigenvalue weighted by Crippen LogP contribution is 2.46. The van der Waals surface area contributed by atoms with Gasteiger partial charge in [-0.3, -0.25) is 19.2 Å². The van der Waals surface area contributed by atoms with Crippen LogP contribution in [0.5, 0.6) is 5.19 Å².